The normalized spacial score (nSPS) is 16.0. The van der Waals surface area contributed by atoms with Gasteiger partial charge in [0.25, 0.3) is 0 Å². The minimum absolute atomic E-state index is 0.0429. The molecule has 392 valence electrons. The summed E-state index contributed by atoms with van der Waals surface area (Å²) in [5, 5.41) is 48.2. The number of hydrogen-bond acceptors (Lipinski definition) is 12. The lowest BCUT2D eigenvalue weighted by molar-refractivity contribution is -0.141. The van der Waals surface area contributed by atoms with E-state index in [9.17, 15) is 53.4 Å². The molecule has 1 aliphatic rings. The fourth-order valence-electron chi connectivity index (χ4n) is 7.72. The summed E-state index contributed by atoms with van der Waals surface area (Å²) in [7, 11) is 0. The zero-order valence-corrected chi connectivity index (χ0v) is 40.4. The fourth-order valence-corrected chi connectivity index (χ4v) is 7.72. The van der Waals surface area contributed by atoms with Crippen LogP contribution < -0.4 is 37.2 Å². The molecule has 4 atom stereocenters. The highest BCUT2D eigenvalue weighted by Gasteiger charge is 2.31. The molecule has 0 radical (unpaired) electrons. The molecule has 0 aromatic heterocycles. The Morgan fingerprint density at radius 2 is 1.27 bits per heavy atom. The summed E-state index contributed by atoms with van der Waals surface area (Å²) in [6.07, 6.45) is 3.92. The number of urea groups is 1. The smallest absolute Gasteiger partial charge is 0.326 e. The SMILES string of the molecule is C=CC[C@H](NC(=O)CCOCCOCCOCCNC(C)=O)C(=O)NCC1CCC(C(=O)N[C@@H](Cc2ccc3ccccc3c2)C(=O)NCCCC[C@H](NC(=O)N[C@@H](CCC(=O)O)C(=O)O)C(=O)O)CC1. The van der Waals surface area contributed by atoms with E-state index in [1.807, 2.05) is 42.5 Å². The molecule has 0 aliphatic heterocycles. The lowest BCUT2D eigenvalue weighted by Crippen LogP contribution is -2.51. The number of hydrogen-bond donors (Lipinski definition) is 10. The summed E-state index contributed by atoms with van der Waals surface area (Å²) in [5.41, 5.74) is 0.821. The quantitative estimate of drug-likeness (QED) is 0.0348. The van der Waals surface area contributed by atoms with Crippen molar-refractivity contribution in [1.82, 2.24) is 37.2 Å². The molecule has 1 aliphatic carbocycles. The Balaban J connectivity index is 1.45. The van der Waals surface area contributed by atoms with Gasteiger partial charge in [-0.2, -0.15) is 0 Å². The Bertz CT molecular complexity index is 2080. The predicted octanol–water partition coefficient (Wildman–Crippen LogP) is 1.78. The Kier molecular flexibility index (Phi) is 27.3. The van der Waals surface area contributed by atoms with Crippen molar-refractivity contribution in [2.24, 2.45) is 11.8 Å². The highest BCUT2D eigenvalue weighted by atomic mass is 16.5. The van der Waals surface area contributed by atoms with Gasteiger partial charge in [-0.1, -0.05) is 48.5 Å². The van der Waals surface area contributed by atoms with Crippen molar-refractivity contribution in [2.45, 2.75) is 108 Å². The molecular weight excluding hydrogens is 927 g/mol. The first-order chi connectivity index (χ1) is 34.1. The second kappa shape index (κ2) is 33.0. The van der Waals surface area contributed by atoms with Crippen LogP contribution in [-0.2, 0) is 59.0 Å². The molecular formula is C49H71N7O15. The van der Waals surface area contributed by atoms with Gasteiger partial charge < -0.3 is 66.7 Å². The molecule has 7 amide bonds. The number of benzene rings is 2. The van der Waals surface area contributed by atoms with Gasteiger partial charge in [0.2, 0.25) is 29.5 Å². The largest absolute Gasteiger partial charge is 0.481 e. The first-order valence-electron chi connectivity index (χ1n) is 24.0. The van der Waals surface area contributed by atoms with Crippen LogP contribution >= 0.6 is 0 Å². The van der Waals surface area contributed by atoms with Crippen LogP contribution in [0.25, 0.3) is 10.8 Å². The van der Waals surface area contributed by atoms with Crippen LogP contribution in [0.4, 0.5) is 4.79 Å². The number of unbranched alkanes of at least 4 members (excludes halogenated alkanes) is 1. The zero-order chi connectivity index (χ0) is 52.0. The molecule has 0 bridgehead atoms. The van der Waals surface area contributed by atoms with E-state index in [4.69, 9.17) is 19.3 Å². The second-order valence-corrected chi connectivity index (χ2v) is 17.2. The molecule has 3 rings (SSSR count). The van der Waals surface area contributed by atoms with E-state index in [-0.39, 0.29) is 87.3 Å². The number of carboxylic acids is 3. The fraction of sp³-hybridized carbons (Fsp3) is 0.571. The number of amides is 7. The van der Waals surface area contributed by atoms with Gasteiger partial charge in [0, 0.05) is 51.7 Å². The highest BCUT2D eigenvalue weighted by molar-refractivity contribution is 5.90. The summed E-state index contributed by atoms with van der Waals surface area (Å²) in [6.45, 7) is 7.88. The van der Waals surface area contributed by atoms with Gasteiger partial charge in [0.1, 0.15) is 24.2 Å². The minimum Gasteiger partial charge on any atom is -0.481 e. The highest BCUT2D eigenvalue weighted by Crippen LogP contribution is 2.29. The van der Waals surface area contributed by atoms with Crippen molar-refractivity contribution in [3.8, 4) is 0 Å². The summed E-state index contributed by atoms with van der Waals surface area (Å²) >= 11 is 0. The monoisotopic (exact) mass is 998 g/mol. The molecule has 2 aromatic rings. The number of carbonyl (C=O) groups excluding carboxylic acids is 6. The van der Waals surface area contributed by atoms with Crippen molar-refractivity contribution in [2.75, 3.05) is 59.3 Å². The number of carboxylic acid groups (broad SMARTS) is 3. The molecule has 0 unspecified atom stereocenters. The maximum absolute atomic E-state index is 13.7. The van der Waals surface area contributed by atoms with Crippen molar-refractivity contribution in [1.29, 1.82) is 0 Å². The molecule has 1 saturated carbocycles. The molecule has 2 aromatic carbocycles. The molecule has 1 fully saturated rings. The van der Waals surface area contributed by atoms with E-state index in [2.05, 4.69) is 43.8 Å². The topological polar surface area (TPSA) is 326 Å². The Morgan fingerprint density at radius 3 is 1.90 bits per heavy atom. The summed E-state index contributed by atoms with van der Waals surface area (Å²) in [5.74, 6) is -5.93. The van der Waals surface area contributed by atoms with Crippen LogP contribution in [0.2, 0.25) is 0 Å². The van der Waals surface area contributed by atoms with Gasteiger partial charge in [-0.25, -0.2) is 14.4 Å². The van der Waals surface area contributed by atoms with Crippen molar-refractivity contribution in [3.05, 3.63) is 60.7 Å². The lowest BCUT2D eigenvalue weighted by Gasteiger charge is -2.29. The Labute approximate surface area is 413 Å². The van der Waals surface area contributed by atoms with Crippen LogP contribution in [0.15, 0.2) is 55.1 Å². The van der Waals surface area contributed by atoms with E-state index in [1.54, 1.807) is 6.08 Å². The maximum Gasteiger partial charge on any atom is 0.326 e. The Hall–Kier alpha value is -6.65. The summed E-state index contributed by atoms with van der Waals surface area (Å²) < 4.78 is 16.2. The molecule has 22 nitrogen and oxygen atoms in total. The number of aliphatic carboxylic acids is 3. The van der Waals surface area contributed by atoms with Crippen molar-refractivity contribution < 1.29 is 72.7 Å². The number of nitrogens with one attached hydrogen (secondary N) is 7. The van der Waals surface area contributed by atoms with Crippen LogP contribution in [0.3, 0.4) is 0 Å². The first kappa shape index (κ1) is 58.7. The number of ether oxygens (including phenoxy) is 3. The summed E-state index contributed by atoms with van der Waals surface area (Å²) in [6, 6.07) is 7.77. The van der Waals surface area contributed by atoms with Gasteiger partial charge in [0.15, 0.2) is 0 Å². The predicted molar refractivity (Wildman–Crippen MR) is 259 cm³/mol. The molecule has 10 N–H and O–H groups in total. The minimum atomic E-state index is -1.54. The Morgan fingerprint density at radius 1 is 0.648 bits per heavy atom. The zero-order valence-electron chi connectivity index (χ0n) is 40.4. The maximum atomic E-state index is 13.7. The number of fused-ring (bicyclic) bond motifs is 1. The number of rotatable bonds is 35. The van der Waals surface area contributed by atoms with Gasteiger partial charge in [0.05, 0.1) is 39.6 Å². The van der Waals surface area contributed by atoms with Gasteiger partial charge in [-0.15, -0.1) is 6.58 Å². The molecule has 0 spiro atoms. The van der Waals surface area contributed by atoms with E-state index in [1.165, 1.54) is 6.92 Å². The lowest BCUT2D eigenvalue weighted by atomic mass is 9.81. The third-order valence-corrected chi connectivity index (χ3v) is 11.6. The van der Waals surface area contributed by atoms with Gasteiger partial charge in [-0.05, 0) is 80.0 Å². The summed E-state index contributed by atoms with van der Waals surface area (Å²) in [4.78, 5) is 111. The van der Waals surface area contributed by atoms with Crippen molar-refractivity contribution >= 4 is 64.2 Å². The van der Waals surface area contributed by atoms with E-state index < -0.39 is 66.9 Å². The van der Waals surface area contributed by atoms with Crippen LogP contribution in [0.1, 0.15) is 83.1 Å². The third kappa shape index (κ3) is 24.2. The van der Waals surface area contributed by atoms with Gasteiger partial charge in [-0.3, -0.25) is 28.8 Å². The van der Waals surface area contributed by atoms with Crippen molar-refractivity contribution in [3.63, 3.8) is 0 Å². The van der Waals surface area contributed by atoms with E-state index in [0.29, 0.717) is 71.6 Å². The van der Waals surface area contributed by atoms with Crippen LogP contribution in [0.5, 0.6) is 0 Å². The third-order valence-electron chi connectivity index (χ3n) is 11.6. The molecule has 71 heavy (non-hydrogen) atoms. The van der Waals surface area contributed by atoms with E-state index >= 15 is 0 Å². The molecule has 0 heterocycles. The first-order valence-corrected chi connectivity index (χ1v) is 24.0. The molecule has 0 saturated heterocycles. The second-order valence-electron chi connectivity index (χ2n) is 17.2. The number of carbonyl (C=O) groups is 9. The van der Waals surface area contributed by atoms with E-state index in [0.717, 1.165) is 16.3 Å². The van der Waals surface area contributed by atoms with Gasteiger partial charge >= 0.3 is 23.9 Å². The van der Waals surface area contributed by atoms with Crippen LogP contribution in [0, 0.1) is 11.8 Å². The van der Waals surface area contributed by atoms with Crippen LogP contribution in [-0.4, -0.2) is 152 Å². The standard InChI is InChI=1S/C49H71N7O15/c1-3-8-38(53-42(58)20-23-69-25-27-71-28-26-70-24-22-50-32(2)57)45(62)52-31-33-12-16-36(17-13-33)44(61)54-41(30-34-14-15-35-9-4-5-10-37(35)29-34)46(63)51-21-7-6-11-39(47(64)65)55-49(68)56-40(48(66)67)18-19-43(59)60/h3-5,9-10,14-15,29,33,36,38-41H,1,6-8,11-13,16-28,30-31H2,2H3,(H,50,57)(H,51,63)(H,52,62)(H,53,58)(H,54,61)(H,59,60)(H,64,65)(H,66,67)(H2,55,56,68)/t33?,36?,38-,39-,40-,41-/m0/s1. The average molecular weight is 998 g/mol. The average Bonchev–Trinajstić information content (AvgIpc) is 3.33. The molecule has 22 heteroatoms.